The minimum Gasteiger partial charge on any atom is -0.273 e. The second-order valence-electron chi connectivity index (χ2n) is 7.51. The molecule has 0 saturated carbocycles. The van der Waals surface area contributed by atoms with Crippen LogP contribution in [0.15, 0.2) is 78.9 Å². The maximum absolute atomic E-state index is 13.4. The van der Waals surface area contributed by atoms with Crippen molar-refractivity contribution in [2.75, 3.05) is 9.96 Å². The number of hydrogen-bond donors (Lipinski definition) is 0. The van der Waals surface area contributed by atoms with Crippen LogP contribution in [0, 0.1) is 18.7 Å². The predicted molar refractivity (Wildman–Crippen MR) is 110 cm³/mol. The van der Waals surface area contributed by atoms with Crippen molar-refractivity contribution in [3.05, 3.63) is 95.8 Å². The van der Waals surface area contributed by atoms with Gasteiger partial charge in [-0.2, -0.15) is 0 Å². The summed E-state index contributed by atoms with van der Waals surface area (Å²) in [6.07, 6.45) is -0.938. The smallest absolute Gasteiger partial charge is 0.266 e. The Morgan fingerprint density at radius 2 is 1.50 bits per heavy atom. The van der Waals surface area contributed by atoms with Crippen LogP contribution in [0.2, 0.25) is 0 Å². The Kier molecular flexibility index (Phi) is 4.37. The van der Waals surface area contributed by atoms with Gasteiger partial charge >= 0.3 is 0 Å². The van der Waals surface area contributed by atoms with E-state index in [9.17, 15) is 14.0 Å². The molecule has 0 unspecified atom stereocenters. The van der Waals surface area contributed by atoms with Gasteiger partial charge in [-0.15, -0.1) is 0 Å². The van der Waals surface area contributed by atoms with E-state index in [0.29, 0.717) is 5.69 Å². The van der Waals surface area contributed by atoms with Gasteiger partial charge < -0.3 is 0 Å². The van der Waals surface area contributed by atoms with Gasteiger partial charge in [0.05, 0.1) is 17.4 Å². The van der Waals surface area contributed by atoms with Crippen LogP contribution in [0.4, 0.5) is 15.8 Å². The van der Waals surface area contributed by atoms with Gasteiger partial charge in [-0.1, -0.05) is 48.5 Å². The molecule has 3 aromatic carbocycles. The third-order valence-corrected chi connectivity index (χ3v) is 5.69. The largest absolute Gasteiger partial charge is 0.273 e. The molecule has 0 N–H and O–H groups in total. The van der Waals surface area contributed by atoms with Gasteiger partial charge in [0, 0.05) is 0 Å². The van der Waals surface area contributed by atoms with E-state index in [0.717, 1.165) is 21.7 Å². The first kappa shape index (κ1) is 18.5. The van der Waals surface area contributed by atoms with E-state index >= 15 is 0 Å². The van der Waals surface area contributed by atoms with Crippen LogP contribution in [-0.4, -0.2) is 17.9 Å². The van der Waals surface area contributed by atoms with Crippen molar-refractivity contribution < 1.29 is 18.8 Å². The van der Waals surface area contributed by atoms with Gasteiger partial charge in [0.15, 0.2) is 6.10 Å². The standard InChI is InChI=1S/C24H19FN2O3/c1-15-7-5-6-10-19(15)27-21(16-8-3-2-4-9-16)20-22(30-27)24(29)26(23(20)28)18-13-11-17(25)12-14-18/h2-14,20-22H,1H3/t20-,21+,22-/m0/s1. The molecule has 0 spiro atoms. The highest BCUT2D eigenvalue weighted by atomic mass is 19.1. The maximum atomic E-state index is 13.4. The fourth-order valence-electron chi connectivity index (χ4n) is 4.27. The van der Waals surface area contributed by atoms with Gasteiger partial charge in [0.25, 0.3) is 5.91 Å². The number of carbonyl (C=O) groups excluding carboxylic acids is 2. The lowest BCUT2D eigenvalue weighted by atomic mass is 9.90. The molecule has 2 fully saturated rings. The fraction of sp³-hybridized carbons (Fsp3) is 0.167. The summed E-state index contributed by atoms with van der Waals surface area (Å²) < 4.78 is 13.3. The summed E-state index contributed by atoms with van der Waals surface area (Å²) in [5.41, 5.74) is 3.03. The van der Waals surface area contributed by atoms with Gasteiger partial charge in [-0.3, -0.25) is 14.4 Å². The van der Waals surface area contributed by atoms with Crippen molar-refractivity contribution in [3.8, 4) is 0 Å². The topological polar surface area (TPSA) is 49.9 Å². The fourth-order valence-corrected chi connectivity index (χ4v) is 4.27. The molecule has 2 amide bonds. The van der Waals surface area contributed by atoms with Crippen LogP contribution in [0.25, 0.3) is 0 Å². The number of imide groups is 1. The van der Waals surface area contributed by atoms with Crippen LogP contribution in [0.5, 0.6) is 0 Å². The molecule has 2 aliphatic rings. The third-order valence-electron chi connectivity index (χ3n) is 5.69. The SMILES string of the molecule is Cc1ccccc1N1O[C@@H]2C(=O)N(c3ccc(F)cc3)C(=O)[C@H]2[C@H]1c1ccccc1. The van der Waals surface area contributed by atoms with Crippen molar-refractivity contribution in [2.24, 2.45) is 5.92 Å². The van der Waals surface area contributed by atoms with Crippen LogP contribution >= 0.6 is 0 Å². The van der Waals surface area contributed by atoms with E-state index in [1.807, 2.05) is 61.5 Å². The zero-order valence-corrected chi connectivity index (χ0v) is 16.2. The van der Waals surface area contributed by atoms with E-state index in [2.05, 4.69) is 0 Å². The molecule has 2 saturated heterocycles. The van der Waals surface area contributed by atoms with E-state index in [4.69, 9.17) is 4.84 Å². The average Bonchev–Trinajstić information content (AvgIpc) is 3.26. The number of nitrogens with zero attached hydrogens (tertiary/aromatic N) is 2. The van der Waals surface area contributed by atoms with Gasteiger partial charge in [0.1, 0.15) is 11.7 Å². The van der Waals surface area contributed by atoms with Crippen molar-refractivity contribution in [1.29, 1.82) is 0 Å². The zero-order chi connectivity index (χ0) is 20.8. The number of hydroxylamine groups is 1. The van der Waals surface area contributed by atoms with Crippen LogP contribution in [-0.2, 0) is 14.4 Å². The number of carbonyl (C=O) groups is 2. The van der Waals surface area contributed by atoms with Crippen molar-refractivity contribution >= 4 is 23.2 Å². The number of hydrogen-bond acceptors (Lipinski definition) is 4. The molecule has 3 atom stereocenters. The summed E-state index contributed by atoms with van der Waals surface area (Å²) in [4.78, 5) is 33.8. The second kappa shape index (κ2) is 7.07. The van der Waals surface area contributed by atoms with Gasteiger partial charge in [-0.05, 0) is 48.4 Å². The highest BCUT2D eigenvalue weighted by Gasteiger charge is 2.60. The molecule has 0 aromatic heterocycles. The molecule has 150 valence electrons. The highest BCUT2D eigenvalue weighted by molar-refractivity contribution is 6.23. The Bertz CT molecular complexity index is 1120. The van der Waals surface area contributed by atoms with Crippen molar-refractivity contribution in [3.63, 3.8) is 0 Å². The van der Waals surface area contributed by atoms with Crippen molar-refractivity contribution in [2.45, 2.75) is 19.1 Å². The minimum atomic E-state index is -0.938. The number of amides is 2. The molecule has 2 heterocycles. The number of para-hydroxylation sites is 1. The number of anilines is 2. The Labute approximate surface area is 173 Å². The first-order chi connectivity index (χ1) is 14.6. The second-order valence-corrected chi connectivity index (χ2v) is 7.51. The number of rotatable bonds is 3. The zero-order valence-electron chi connectivity index (χ0n) is 16.2. The Hall–Kier alpha value is -3.51. The maximum Gasteiger partial charge on any atom is 0.266 e. The van der Waals surface area contributed by atoms with Crippen molar-refractivity contribution in [1.82, 2.24) is 0 Å². The van der Waals surface area contributed by atoms with Crippen LogP contribution < -0.4 is 9.96 Å². The van der Waals surface area contributed by atoms with E-state index in [-0.39, 0.29) is 5.91 Å². The Morgan fingerprint density at radius 3 is 2.20 bits per heavy atom. The monoisotopic (exact) mass is 402 g/mol. The number of fused-ring (bicyclic) bond motifs is 1. The first-order valence-electron chi connectivity index (χ1n) is 9.76. The summed E-state index contributed by atoms with van der Waals surface area (Å²) in [6, 6.07) is 22.2. The van der Waals surface area contributed by atoms with Crippen LogP contribution in [0.1, 0.15) is 17.2 Å². The van der Waals surface area contributed by atoms with E-state index in [1.54, 1.807) is 5.06 Å². The molecule has 0 radical (unpaired) electrons. The molecule has 0 bridgehead atoms. The summed E-state index contributed by atoms with van der Waals surface area (Å²) >= 11 is 0. The molecule has 5 rings (SSSR count). The lowest BCUT2D eigenvalue weighted by Gasteiger charge is -2.29. The summed E-state index contributed by atoms with van der Waals surface area (Å²) in [5.74, 6) is -1.91. The molecule has 3 aromatic rings. The number of aryl methyl sites for hydroxylation is 1. The third kappa shape index (κ3) is 2.80. The lowest BCUT2D eigenvalue weighted by Crippen LogP contribution is -2.37. The molecule has 6 heteroatoms. The Morgan fingerprint density at radius 1 is 0.833 bits per heavy atom. The summed E-state index contributed by atoms with van der Waals surface area (Å²) in [5, 5.41) is 1.69. The predicted octanol–water partition coefficient (Wildman–Crippen LogP) is 4.19. The average molecular weight is 402 g/mol. The number of benzene rings is 3. The Balaban J connectivity index is 1.59. The molecule has 30 heavy (non-hydrogen) atoms. The summed E-state index contributed by atoms with van der Waals surface area (Å²) in [7, 11) is 0. The molecule has 0 aliphatic carbocycles. The van der Waals surface area contributed by atoms with Gasteiger partial charge in [0.2, 0.25) is 5.91 Å². The molecule has 5 nitrogen and oxygen atoms in total. The number of halogens is 1. The van der Waals surface area contributed by atoms with E-state index < -0.39 is 29.8 Å². The van der Waals surface area contributed by atoms with Crippen LogP contribution in [0.3, 0.4) is 0 Å². The molecular weight excluding hydrogens is 383 g/mol. The molecule has 2 aliphatic heterocycles. The van der Waals surface area contributed by atoms with Gasteiger partial charge in [-0.25, -0.2) is 14.4 Å². The normalized spacial score (nSPS) is 23.2. The minimum absolute atomic E-state index is 0.346. The lowest BCUT2D eigenvalue weighted by molar-refractivity contribution is -0.126. The first-order valence-corrected chi connectivity index (χ1v) is 9.76. The highest BCUT2D eigenvalue weighted by Crippen LogP contribution is 2.48. The molecular formula is C24H19FN2O3. The van der Waals surface area contributed by atoms with E-state index in [1.165, 1.54) is 24.3 Å². The quantitative estimate of drug-likeness (QED) is 0.617. The summed E-state index contributed by atoms with van der Waals surface area (Å²) in [6.45, 7) is 1.96.